The van der Waals surface area contributed by atoms with Gasteiger partial charge in [0, 0.05) is 23.1 Å². The molecule has 1 aliphatic carbocycles. The first-order chi connectivity index (χ1) is 15.3. The molecule has 2 aromatic rings. The Morgan fingerprint density at radius 2 is 1.82 bits per heavy atom. The zero-order chi connectivity index (χ0) is 24.0. The van der Waals surface area contributed by atoms with Gasteiger partial charge in [-0.1, -0.05) is 12.1 Å². The highest BCUT2D eigenvalue weighted by molar-refractivity contribution is 6.56. The van der Waals surface area contributed by atoms with Crippen LogP contribution < -0.4 is 5.32 Å². The first kappa shape index (κ1) is 23.9. The maximum atomic E-state index is 12.3. The lowest BCUT2D eigenvalue weighted by Crippen LogP contribution is -2.41. The number of carbonyl (C=O) groups is 1. The highest BCUT2D eigenvalue weighted by Gasteiger charge is 2.52. The van der Waals surface area contributed by atoms with E-state index in [0.29, 0.717) is 0 Å². The van der Waals surface area contributed by atoms with Crippen molar-refractivity contribution >= 4 is 30.2 Å². The molecule has 0 atom stereocenters. The van der Waals surface area contributed by atoms with Gasteiger partial charge in [-0.3, -0.25) is 0 Å². The Bertz CT molecular complexity index is 1060. The molecule has 2 N–H and O–H groups in total. The molecule has 33 heavy (non-hydrogen) atoms. The van der Waals surface area contributed by atoms with Crippen LogP contribution in [0.3, 0.4) is 0 Å². The normalized spacial score (nSPS) is 20.1. The molecule has 6 nitrogen and oxygen atoms in total. The zero-order valence-electron chi connectivity index (χ0n) is 21.1. The number of ether oxygens (including phenoxy) is 1. The Balaban J connectivity index is 1.64. The van der Waals surface area contributed by atoms with Crippen molar-refractivity contribution in [2.75, 3.05) is 6.54 Å². The van der Waals surface area contributed by atoms with Gasteiger partial charge in [0.25, 0.3) is 0 Å². The summed E-state index contributed by atoms with van der Waals surface area (Å²) < 4.78 is 18.0. The topological polar surface area (TPSA) is 72.6 Å². The lowest BCUT2D eigenvalue weighted by Gasteiger charge is -2.32. The molecule has 1 aliphatic heterocycles. The van der Waals surface area contributed by atoms with Crippen LogP contribution in [0.25, 0.3) is 17.0 Å². The molecule has 0 spiro atoms. The third-order valence-corrected chi connectivity index (χ3v) is 6.87. The van der Waals surface area contributed by atoms with Crippen molar-refractivity contribution in [2.24, 2.45) is 0 Å². The Morgan fingerprint density at radius 3 is 2.48 bits per heavy atom. The van der Waals surface area contributed by atoms with Crippen molar-refractivity contribution in [1.82, 2.24) is 10.3 Å². The van der Waals surface area contributed by atoms with E-state index in [1.54, 1.807) is 0 Å². The largest absolute Gasteiger partial charge is 0.492 e. The molecule has 1 amide bonds. The number of aromatic amines is 1. The summed E-state index contributed by atoms with van der Waals surface area (Å²) in [4.78, 5) is 15.9. The van der Waals surface area contributed by atoms with Crippen molar-refractivity contribution in [2.45, 2.75) is 91.0 Å². The molecule has 0 saturated carbocycles. The van der Waals surface area contributed by atoms with E-state index < -0.39 is 30.0 Å². The smallest absolute Gasteiger partial charge is 0.444 e. The summed E-state index contributed by atoms with van der Waals surface area (Å²) in [5.74, 6) is 0. The van der Waals surface area contributed by atoms with Crippen LogP contribution in [0.4, 0.5) is 4.79 Å². The number of aromatic nitrogens is 1. The number of amides is 1. The zero-order valence-corrected chi connectivity index (χ0v) is 21.1. The van der Waals surface area contributed by atoms with E-state index in [0.717, 1.165) is 23.9 Å². The van der Waals surface area contributed by atoms with Crippen LogP contribution in [0.5, 0.6) is 0 Å². The lowest BCUT2D eigenvalue weighted by atomic mass is 9.77. The minimum atomic E-state index is -0.559. The second-order valence-electron chi connectivity index (χ2n) is 11.3. The van der Waals surface area contributed by atoms with Crippen molar-refractivity contribution < 1.29 is 18.8 Å². The van der Waals surface area contributed by atoms with E-state index in [4.69, 9.17) is 14.0 Å². The van der Waals surface area contributed by atoms with Crippen LogP contribution >= 0.6 is 0 Å². The fourth-order valence-electron chi connectivity index (χ4n) is 4.41. The predicted octanol–water partition coefficient (Wildman–Crippen LogP) is 5.59. The quantitative estimate of drug-likeness (QED) is 0.594. The standard InChI is InChI=1S/C26H37BN2O4/c1-24(2,3)31-23(30)28-16-18(27-32-25(4,5)26(6,7)33-27)14-17-12-13-22-20(15-17)19-10-8-9-11-21(19)29-22/h12-15,29H,8-11,16H2,1-7H3,(H,28,30). The number of aryl methyl sites for hydroxylation is 2. The van der Waals surface area contributed by atoms with E-state index in [2.05, 4.69) is 34.6 Å². The van der Waals surface area contributed by atoms with Gasteiger partial charge in [0.1, 0.15) is 5.60 Å². The number of nitrogens with one attached hydrogen (secondary N) is 2. The molecule has 2 heterocycles. The summed E-state index contributed by atoms with van der Waals surface area (Å²) in [6, 6.07) is 6.47. The lowest BCUT2D eigenvalue weighted by molar-refractivity contribution is 0.00578. The molecule has 1 aromatic carbocycles. The molecule has 4 rings (SSSR count). The summed E-state index contributed by atoms with van der Waals surface area (Å²) in [7, 11) is -0.555. The fraction of sp³-hybridized carbons (Fsp3) is 0.577. The van der Waals surface area contributed by atoms with Crippen LogP contribution in [0.1, 0.15) is 78.1 Å². The van der Waals surface area contributed by atoms with Gasteiger partial charge in [-0.15, -0.1) is 0 Å². The van der Waals surface area contributed by atoms with E-state index in [9.17, 15) is 4.79 Å². The second-order valence-corrected chi connectivity index (χ2v) is 11.3. The Kier molecular flexibility index (Phi) is 6.17. The summed E-state index contributed by atoms with van der Waals surface area (Å²) >= 11 is 0. The molecule has 178 valence electrons. The number of carbonyl (C=O) groups excluding carboxylic acids is 1. The number of hydrogen-bond acceptors (Lipinski definition) is 4. The summed E-state index contributed by atoms with van der Waals surface area (Å²) in [6.07, 6.45) is 6.33. The molecule has 1 saturated heterocycles. The number of H-pyrrole nitrogens is 1. The maximum absolute atomic E-state index is 12.3. The molecule has 1 fully saturated rings. The van der Waals surface area contributed by atoms with E-state index in [1.165, 1.54) is 35.0 Å². The van der Waals surface area contributed by atoms with E-state index in [1.807, 2.05) is 48.5 Å². The average molecular weight is 452 g/mol. The van der Waals surface area contributed by atoms with Crippen molar-refractivity contribution in [3.05, 3.63) is 40.5 Å². The molecule has 1 aromatic heterocycles. The molecule has 7 heteroatoms. The molecule has 0 radical (unpaired) electrons. The van der Waals surface area contributed by atoms with Crippen LogP contribution in [0.15, 0.2) is 23.7 Å². The average Bonchev–Trinajstić information content (AvgIpc) is 3.17. The van der Waals surface area contributed by atoms with Crippen molar-refractivity contribution in [3.8, 4) is 0 Å². The van der Waals surface area contributed by atoms with Crippen LogP contribution in [-0.2, 0) is 26.9 Å². The van der Waals surface area contributed by atoms with Crippen LogP contribution in [0.2, 0.25) is 0 Å². The third kappa shape index (κ3) is 5.14. The van der Waals surface area contributed by atoms with Gasteiger partial charge < -0.3 is 24.3 Å². The van der Waals surface area contributed by atoms with Gasteiger partial charge in [-0.2, -0.15) is 0 Å². The highest BCUT2D eigenvalue weighted by atomic mass is 16.7. The first-order valence-corrected chi connectivity index (χ1v) is 12.0. The van der Waals surface area contributed by atoms with Gasteiger partial charge in [0.15, 0.2) is 0 Å². The SMILES string of the molecule is CC(C)(C)OC(=O)NCC(=Cc1ccc2[nH]c3c(c2c1)CCCC3)B1OC(C)(C)C(C)(C)O1. The van der Waals surface area contributed by atoms with Crippen LogP contribution in [-0.4, -0.2) is 41.5 Å². The number of rotatable bonds is 4. The minimum absolute atomic E-state index is 0.273. The fourth-order valence-corrected chi connectivity index (χ4v) is 4.41. The predicted molar refractivity (Wildman–Crippen MR) is 133 cm³/mol. The molecular formula is C26H37BN2O4. The van der Waals surface area contributed by atoms with Gasteiger partial charge in [-0.05, 0) is 103 Å². The number of benzene rings is 1. The van der Waals surface area contributed by atoms with Gasteiger partial charge in [0.2, 0.25) is 0 Å². The Hall–Kier alpha value is -2.25. The Morgan fingerprint density at radius 1 is 1.15 bits per heavy atom. The van der Waals surface area contributed by atoms with E-state index in [-0.39, 0.29) is 6.54 Å². The molecular weight excluding hydrogens is 415 g/mol. The van der Waals surface area contributed by atoms with E-state index >= 15 is 0 Å². The van der Waals surface area contributed by atoms with Gasteiger partial charge >= 0.3 is 13.2 Å². The Labute approximate surface area is 197 Å². The van der Waals surface area contributed by atoms with Gasteiger partial charge in [0.05, 0.1) is 11.2 Å². The monoisotopic (exact) mass is 452 g/mol. The summed E-state index contributed by atoms with van der Waals surface area (Å²) in [5, 5.41) is 4.16. The highest BCUT2D eigenvalue weighted by Crippen LogP contribution is 2.39. The van der Waals surface area contributed by atoms with Crippen LogP contribution in [0, 0.1) is 0 Å². The summed E-state index contributed by atoms with van der Waals surface area (Å²) in [5.41, 5.74) is 4.41. The molecule has 2 aliphatic rings. The number of alkyl carbamates (subject to hydrolysis) is 1. The number of fused-ring (bicyclic) bond motifs is 3. The molecule has 0 unspecified atom stereocenters. The number of hydrogen-bond donors (Lipinski definition) is 2. The minimum Gasteiger partial charge on any atom is -0.444 e. The summed E-state index contributed by atoms with van der Waals surface area (Å²) in [6.45, 7) is 14.0. The maximum Gasteiger partial charge on any atom is 0.492 e. The van der Waals surface area contributed by atoms with Gasteiger partial charge in [-0.25, -0.2) is 4.79 Å². The molecule has 0 bridgehead atoms. The van der Waals surface area contributed by atoms with Crippen molar-refractivity contribution in [1.29, 1.82) is 0 Å². The first-order valence-electron chi connectivity index (χ1n) is 12.0. The second kappa shape index (κ2) is 8.51. The van der Waals surface area contributed by atoms with Crippen molar-refractivity contribution in [3.63, 3.8) is 0 Å². The third-order valence-electron chi connectivity index (χ3n) is 6.87.